The molecule has 0 aliphatic heterocycles. The smallest absolute Gasteiger partial charge is 0.429 e. The summed E-state index contributed by atoms with van der Waals surface area (Å²) in [5.74, 6) is -0.819. The fourth-order valence-electron chi connectivity index (χ4n) is 2.51. The van der Waals surface area contributed by atoms with E-state index in [0.29, 0.717) is 11.4 Å². The lowest BCUT2D eigenvalue weighted by atomic mass is 10.2. The quantitative estimate of drug-likeness (QED) is 0.301. The van der Waals surface area contributed by atoms with E-state index in [1.165, 1.54) is 12.1 Å². The lowest BCUT2D eigenvalue weighted by molar-refractivity contribution is 0.0360. The van der Waals surface area contributed by atoms with Gasteiger partial charge in [-0.05, 0) is 48.0 Å². The molecule has 0 aliphatic rings. The summed E-state index contributed by atoms with van der Waals surface area (Å²) in [7, 11) is 3.91. The molecule has 30 heavy (non-hydrogen) atoms. The van der Waals surface area contributed by atoms with Gasteiger partial charge in [-0.1, -0.05) is 36.4 Å². The second-order valence-corrected chi connectivity index (χ2v) is 6.57. The van der Waals surface area contributed by atoms with Crippen molar-refractivity contribution in [1.29, 1.82) is 0 Å². The third-order valence-electron chi connectivity index (χ3n) is 4.10. The molecule has 3 aromatic carbocycles. The summed E-state index contributed by atoms with van der Waals surface area (Å²) in [6, 6.07) is 23.0. The minimum atomic E-state index is -1.06. The maximum absolute atomic E-state index is 12.2. The largest absolute Gasteiger partial charge is 0.516 e. The molecule has 3 aromatic rings. The standard InChI is InChI=1S/C23H21N3O4/c1-26(2)21-13-11-19(12-14-21)24-25-20-10-6-9-18(15-20)22(27)30-23(28)29-16-17-7-4-3-5-8-17/h3-15H,16H2,1-2H3. The van der Waals surface area contributed by atoms with Gasteiger partial charge >= 0.3 is 12.1 Å². The van der Waals surface area contributed by atoms with Crippen molar-refractivity contribution in [2.24, 2.45) is 10.2 Å². The van der Waals surface area contributed by atoms with Crippen LogP contribution in [0.1, 0.15) is 15.9 Å². The maximum atomic E-state index is 12.2. The van der Waals surface area contributed by atoms with Crippen LogP contribution in [0.15, 0.2) is 89.1 Å². The van der Waals surface area contributed by atoms with Crippen LogP contribution < -0.4 is 4.90 Å². The third kappa shape index (κ3) is 6.00. The van der Waals surface area contributed by atoms with Gasteiger partial charge in [-0.3, -0.25) is 0 Å². The molecule has 0 saturated carbocycles. The Labute approximate surface area is 174 Å². The Morgan fingerprint density at radius 3 is 2.23 bits per heavy atom. The van der Waals surface area contributed by atoms with Gasteiger partial charge in [0.25, 0.3) is 0 Å². The molecule has 0 amide bonds. The number of carbonyl (C=O) groups is 2. The van der Waals surface area contributed by atoms with Crippen molar-refractivity contribution >= 4 is 29.2 Å². The summed E-state index contributed by atoms with van der Waals surface area (Å²) in [5, 5.41) is 8.30. The molecule has 0 aliphatic carbocycles. The van der Waals surface area contributed by atoms with Gasteiger partial charge in [-0.25, -0.2) is 9.59 Å². The molecule has 0 saturated heterocycles. The van der Waals surface area contributed by atoms with E-state index in [1.807, 2.05) is 61.5 Å². The second-order valence-electron chi connectivity index (χ2n) is 6.57. The molecular formula is C23H21N3O4. The number of hydrogen-bond donors (Lipinski definition) is 0. The normalized spacial score (nSPS) is 10.6. The number of nitrogens with zero attached hydrogens (tertiary/aromatic N) is 3. The van der Waals surface area contributed by atoms with Gasteiger partial charge in [0, 0.05) is 19.8 Å². The minimum absolute atomic E-state index is 0.0216. The van der Waals surface area contributed by atoms with Crippen LogP contribution in [0.4, 0.5) is 21.9 Å². The average Bonchev–Trinajstić information content (AvgIpc) is 2.77. The van der Waals surface area contributed by atoms with Crippen LogP contribution >= 0.6 is 0 Å². The van der Waals surface area contributed by atoms with Crippen LogP contribution in [0.2, 0.25) is 0 Å². The second kappa shape index (κ2) is 9.97. The number of azo groups is 1. The third-order valence-corrected chi connectivity index (χ3v) is 4.10. The zero-order valence-corrected chi connectivity index (χ0v) is 16.7. The molecule has 152 valence electrons. The highest BCUT2D eigenvalue weighted by Crippen LogP contribution is 2.22. The van der Waals surface area contributed by atoms with Gasteiger partial charge < -0.3 is 14.4 Å². The van der Waals surface area contributed by atoms with Crippen LogP contribution in [0.3, 0.4) is 0 Å². The summed E-state index contributed by atoms with van der Waals surface area (Å²) < 4.78 is 9.69. The van der Waals surface area contributed by atoms with E-state index >= 15 is 0 Å². The van der Waals surface area contributed by atoms with Crippen molar-refractivity contribution in [2.75, 3.05) is 19.0 Å². The van der Waals surface area contributed by atoms with Crippen molar-refractivity contribution in [1.82, 2.24) is 0 Å². The molecule has 0 bridgehead atoms. The van der Waals surface area contributed by atoms with Crippen LogP contribution in [0.5, 0.6) is 0 Å². The van der Waals surface area contributed by atoms with Gasteiger partial charge in [-0.2, -0.15) is 10.2 Å². The molecule has 7 heteroatoms. The fraction of sp³-hybridized carbons (Fsp3) is 0.130. The Bertz CT molecular complexity index is 1030. The van der Waals surface area contributed by atoms with E-state index in [1.54, 1.807) is 24.3 Å². The Morgan fingerprint density at radius 1 is 0.833 bits per heavy atom. The summed E-state index contributed by atoms with van der Waals surface area (Å²) in [6.07, 6.45) is -1.06. The van der Waals surface area contributed by atoms with Crippen molar-refractivity contribution in [3.05, 3.63) is 90.0 Å². The number of esters is 1. The van der Waals surface area contributed by atoms with Gasteiger partial charge in [-0.15, -0.1) is 0 Å². The Balaban J connectivity index is 1.58. The fourth-order valence-corrected chi connectivity index (χ4v) is 2.51. The molecule has 0 aromatic heterocycles. The molecule has 0 heterocycles. The highest BCUT2D eigenvalue weighted by Gasteiger charge is 2.14. The lowest BCUT2D eigenvalue weighted by Gasteiger charge is -2.11. The van der Waals surface area contributed by atoms with E-state index in [0.717, 1.165) is 11.3 Å². The van der Waals surface area contributed by atoms with E-state index in [2.05, 4.69) is 10.2 Å². The Kier molecular flexibility index (Phi) is 6.89. The van der Waals surface area contributed by atoms with Crippen LogP contribution in [-0.2, 0) is 16.1 Å². The molecular weight excluding hydrogens is 382 g/mol. The van der Waals surface area contributed by atoms with E-state index in [9.17, 15) is 9.59 Å². The first-order valence-corrected chi connectivity index (χ1v) is 9.23. The molecule has 3 rings (SSSR count). The number of ether oxygens (including phenoxy) is 2. The topological polar surface area (TPSA) is 80.6 Å². The Morgan fingerprint density at radius 2 is 1.53 bits per heavy atom. The first-order chi connectivity index (χ1) is 14.5. The number of benzene rings is 3. The predicted octanol–water partition coefficient (Wildman–Crippen LogP) is 5.66. The lowest BCUT2D eigenvalue weighted by Crippen LogP contribution is -2.13. The highest BCUT2D eigenvalue weighted by atomic mass is 16.7. The van der Waals surface area contributed by atoms with Crippen molar-refractivity contribution in [3.8, 4) is 0 Å². The molecule has 0 fully saturated rings. The first kappa shape index (κ1) is 20.7. The minimum Gasteiger partial charge on any atom is -0.429 e. The molecule has 0 radical (unpaired) electrons. The molecule has 0 atom stereocenters. The van der Waals surface area contributed by atoms with Crippen LogP contribution in [-0.4, -0.2) is 26.2 Å². The van der Waals surface area contributed by atoms with E-state index in [-0.39, 0.29) is 12.2 Å². The Hall–Kier alpha value is -4.00. The summed E-state index contributed by atoms with van der Waals surface area (Å²) in [6.45, 7) is 0.0216. The van der Waals surface area contributed by atoms with E-state index in [4.69, 9.17) is 9.47 Å². The highest BCUT2D eigenvalue weighted by molar-refractivity contribution is 5.95. The van der Waals surface area contributed by atoms with E-state index < -0.39 is 12.1 Å². The van der Waals surface area contributed by atoms with Crippen LogP contribution in [0.25, 0.3) is 0 Å². The number of carbonyl (C=O) groups excluding carboxylic acids is 2. The zero-order chi connectivity index (χ0) is 21.3. The number of anilines is 1. The van der Waals surface area contributed by atoms with Crippen molar-refractivity contribution in [3.63, 3.8) is 0 Å². The average molecular weight is 403 g/mol. The van der Waals surface area contributed by atoms with Gasteiger partial charge in [0.1, 0.15) is 6.61 Å². The number of rotatable bonds is 6. The molecule has 7 nitrogen and oxygen atoms in total. The van der Waals surface area contributed by atoms with Gasteiger partial charge in [0.15, 0.2) is 0 Å². The summed E-state index contributed by atoms with van der Waals surface area (Å²) >= 11 is 0. The molecule has 0 unspecified atom stereocenters. The van der Waals surface area contributed by atoms with Crippen molar-refractivity contribution < 1.29 is 19.1 Å². The maximum Gasteiger partial charge on any atom is 0.516 e. The predicted molar refractivity (Wildman–Crippen MR) is 113 cm³/mol. The zero-order valence-electron chi connectivity index (χ0n) is 16.7. The summed E-state index contributed by atoms with van der Waals surface area (Å²) in [4.78, 5) is 25.9. The monoisotopic (exact) mass is 403 g/mol. The van der Waals surface area contributed by atoms with Gasteiger partial charge in [0.05, 0.1) is 16.9 Å². The van der Waals surface area contributed by atoms with Crippen LogP contribution in [0, 0.1) is 0 Å². The first-order valence-electron chi connectivity index (χ1n) is 9.23. The number of hydrogen-bond acceptors (Lipinski definition) is 7. The van der Waals surface area contributed by atoms with Crippen molar-refractivity contribution in [2.45, 2.75) is 6.61 Å². The molecule has 0 spiro atoms. The molecule has 0 N–H and O–H groups in total. The van der Waals surface area contributed by atoms with Gasteiger partial charge in [0.2, 0.25) is 0 Å². The SMILES string of the molecule is CN(C)c1ccc(N=Nc2cccc(C(=O)OC(=O)OCc3ccccc3)c2)cc1. The summed E-state index contributed by atoms with van der Waals surface area (Å²) in [5.41, 5.74) is 3.16.